The maximum absolute atomic E-state index is 13.0. The SMILES string of the molecule is COc1ncc(B2OC(C)(C)C(C)(C)O2)cc1NS(=O)(=O)c1cc(C)cc(C)c1. The molecule has 2 aromatic rings. The minimum atomic E-state index is -3.83. The number of anilines is 1. The molecule has 0 spiro atoms. The molecule has 0 bridgehead atoms. The highest BCUT2D eigenvalue weighted by Crippen LogP contribution is 2.37. The Morgan fingerprint density at radius 2 is 1.55 bits per heavy atom. The van der Waals surface area contributed by atoms with E-state index in [1.165, 1.54) is 7.11 Å². The molecule has 0 unspecified atom stereocenters. The van der Waals surface area contributed by atoms with Crippen molar-refractivity contribution >= 4 is 28.3 Å². The van der Waals surface area contributed by atoms with Crippen LogP contribution in [0.1, 0.15) is 38.8 Å². The molecule has 1 aliphatic heterocycles. The Morgan fingerprint density at radius 3 is 2.07 bits per heavy atom. The lowest BCUT2D eigenvalue weighted by atomic mass is 9.80. The van der Waals surface area contributed by atoms with Crippen LogP contribution in [0.15, 0.2) is 35.4 Å². The van der Waals surface area contributed by atoms with Crippen molar-refractivity contribution in [1.82, 2.24) is 4.98 Å². The predicted molar refractivity (Wildman–Crippen MR) is 113 cm³/mol. The summed E-state index contributed by atoms with van der Waals surface area (Å²) in [5.41, 5.74) is 1.51. The molecule has 29 heavy (non-hydrogen) atoms. The normalized spacial score (nSPS) is 18.0. The Kier molecular flexibility index (Phi) is 5.44. The van der Waals surface area contributed by atoms with E-state index in [9.17, 15) is 8.42 Å². The summed E-state index contributed by atoms with van der Waals surface area (Å²) in [5.74, 6) is 0.165. The van der Waals surface area contributed by atoms with Crippen molar-refractivity contribution in [2.75, 3.05) is 11.8 Å². The molecular weight excluding hydrogens is 391 g/mol. The molecular formula is C20H27BN2O5S. The zero-order valence-corrected chi connectivity index (χ0v) is 18.7. The Hall–Kier alpha value is -2.10. The first kappa shape index (κ1) is 21.6. The van der Waals surface area contributed by atoms with Gasteiger partial charge in [-0.15, -0.1) is 0 Å². The fourth-order valence-electron chi connectivity index (χ4n) is 3.10. The smallest absolute Gasteiger partial charge is 0.480 e. The number of hydrogen-bond donors (Lipinski definition) is 1. The van der Waals surface area contributed by atoms with E-state index in [1.807, 2.05) is 47.6 Å². The van der Waals surface area contributed by atoms with E-state index in [0.29, 0.717) is 5.46 Å². The summed E-state index contributed by atoms with van der Waals surface area (Å²) < 4.78 is 45.8. The third-order valence-corrected chi connectivity index (χ3v) is 6.69. The Balaban J connectivity index is 1.96. The number of sulfonamides is 1. The van der Waals surface area contributed by atoms with E-state index >= 15 is 0 Å². The Morgan fingerprint density at radius 1 is 1.00 bits per heavy atom. The lowest BCUT2D eigenvalue weighted by Gasteiger charge is -2.32. The van der Waals surface area contributed by atoms with Crippen LogP contribution < -0.4 is 14.9 Å². The third kappa shape index (κ3) is 4.27. The second-order valence-corrected chi connectivity index (χ2v) is 10.0. The highest BCUT2D eigenvalue weighted by molar-refractivity contribution is 7.92. The molecule has 1 fully saturated rings. The number of hydrogen-bond acceptors (Lipinski definition) is 6. The average Bonchev–Trinajstić information content (AvgIpc) is 2.81. The van der Waals surface area contributed by atoms with Gasteiger partial charge in [-0.25, -0.2) is 13.4 Å². The summed E-state index contributed by atoms with van der Waals surface area (Å²) >= 11 is 0. The van der Waals surface area contributed by atoms with Gasteiger partial charge in [0, 0.05) is 11.7 Å². The number of methoxy groups -OCH3 is 1. The van der Waals surface area contributed by atoms with Gasteiger partial charge in [0.2, 0.25) is 5.88 Å². The summed E-state index contributed by atoms with van der Waals surface area (Å²) in [6, 6.07) is 6.79. The molecule has 0 amide bonds. The number of aryl methyl sites for hydroxylation is 2. The molecule has 0 radical (unpaired) electrons. The molecule has 0 atom stereocenters. The van der Waals surface area contributed by atoms with Crippen LogP contribution in [0.5, 0.6) is 5.88 Å². The van der Waals surface area contributed by atoms with Crippen molar-refractivity contribution in [1.29, 1.82) is 0 Å². The highest BCUT2D eigenvalue weighted by atomic mass is 32.2. The fraction of sp³-hybridized carbons (Fsp3) is 0.450. The number of nitrogens with zero attached hydrogens (tertiary/aromatic N) is 1. The molecule has 2 heterocycles. The molecule has 1 aromatic carbocycles. The van der Waals surface area contributed by atoms with E-state index in [0.717, 1.165) is 11.1 Å². The van der Waals surface area contributed by atoms with E-state index < -0.39 is 28.3 Å². The standard InChI is InChI=1S/C20H27BN2O5S/c1-13-8-14(2)10-16(9-13)29(24,25)23-17-11-15(12-22-18(17)26-7)21-27-19(3,4)20(5,6)28-21/h8-12,23H,1-7H3. The molecule has 1 aliphatic rings. The van der Waals surface area contributed by atoms with Gasteiger partial charge in [0.1, 0.15) is 5.69 Å². The lowest BCUT2D eigenvalue weighted by molar-refractivity contribution is 0.00578. The van der Waals surface area contributed by atoms with Gasteiger partial charge < -0.3 is 14.0 Å². The van der Waals surface area contributed by atoms with E-state index in [2.05, 4.69) is 9.71 Å². The minimum absolute atomic E-state index is 0.165. The number of aromatic nitrogens is 1. The number of benzene rings is 1. The van der Waals surface area contributed by atoms with E-state index in [-0.39, 0.29) is 16.5 Å². The summed E-state index contributed by atoms with van der Waals surface area (Å²) in [6.45, 7) is 11.5. The van der Waals surface area contributed by atoms with E-state index in [1.54, 1.807) is 24.4 Å². The topological polar surface area (TPSA) is 86.8 Å². The molecule has 7 nitrogen and oxygen atoms in total. The molecule has 9 heteroatoms. The van der Waals surface area contributed by atoms with Gasteiger partial charge >= 0.3 is 7.12 Å². The quantitative estimate of drug-likeness (QED) is 0.752. The van der Waals surface area contributed by atoms with Gasteiger partial charge in [-0.3, -0.25) is 4.72 Å². The number of nitrogens with one attached hydrogen (secondary N) is 1. The molecule has 1 N–H and O–H groups in total. The molecule has 0 saturated carbocycles. The zero-order valence-electron chi connectivity index (χ0n) is 17.9. The van der Waals surface area contributed by atoms with Crippen LogP contribution in [0.25, 0.3) is 0 Å². The van der Waals surface area contributed by atoms with Crippen molar-refractivity contribution in [2.45, 2.75) is 57.6 Å². The molecule has 1 aromatic heterocycles. The average molecular weight is 418 g/mol. The van der Waals surface area contributed by atoms with Crippen molar-refractivity contribution in [2.24, 2.45) is 0 Å². The largest absolute Gasteiger partial charge is 0.496 e. The molecule has 156 valence electrons. The zero-order chi connectivity index (χ0) is 21.6. The van der Waals surface area contributed by atoms with Crippen LogP contribution in [0.2, 0.25) is 0 Å². The Bertz CT molecular complexity index is 1000. The van der Waals surface area contributed by atoms with Crippen LogP contribution in [0.3, 0.4) is 0 Å². The molecule has 0 aliphatic carbocycles. The second-order valence-electron chi connectivity index (χ2n) is 8.34. The summed E-state index contributed by atoms with van der Waals surface area (Å²) in [7, 11) is -3.06. The third-order valence-electron chi connectivity index (χ3n) is 5.34. The summed E-state index contributed by atoms with van der Waals surface area (Å²) in [6.07, 6.45) is 1.57. The van der Waals surface area contributed by atoms with Crippen molar-refractivity contribution < 1.29 is 22.5 Å². The minimum Gasteiger partial charge on any atom is -0.480 e. The second kappa shape index (κ2) is 7.30. The van der Waals surface area contributed by atoms with Gasteiger partial charge in [0.25, 0.3) is 10.0 Å². The van der Waals surface area contributed by atoms with E-state index in [4.69, 9.17) is 14.0 Å². The number of ether oxygens (including phenoxy) is 1. The monoisotopic (exact) mass is 418 g/mol. The highest BCUT2D eigenvalue weighted by Gasteiger charge is 2.52. The number of rotatable bonds is 5. The maximum atomic E-state index is 13.0. The molecule has 3 rings (SSSR count). The maximum Gasteiger partial charge on any atom is 0.496 e. The van der Waals surface area contributed by atoms with Crippen LogP contribution in [-0.4, -0.2) is 38.8 Å². The first-order valence-electron chi connectivity index (χ1n) is 9.35. The summed E-state index contributed by atoms with van der Waals surface area (Å²) in [5, 5.41) is 0. The van der Waals surface area contributed by atoms with Crippen molar-refractivity contribution in [3.05, 3.63) is 41.6 Å². The van der Waals surface area contributed by atoms with Gasteiger partial charge in [-0.2, -0.15) is 0 Å². The van der Waals surface area contributed by atoms with Crippen molar-refractivity contribution in [3.8, 4) is 5.88 Å². The van der Waals surface area contributed by atoms with Crippen LogP contribution in [0, 0.1) is 13.8 Å². The first-order chi connectivity index (χ1) is 13.3. The Labute approximate surface area is 173 Å². The summed E-state index contributed by atoms with van der Waals surface area (Å²) in [4.78, 5) is 4.42. The fourth-order valence-corrected chi connectivity index (χ4v) is 4.34. The van der Waals surface area contributed by atoms with Gasteiger partial charge in [-0.05, 0) is 70.9 Å². The molecule has 1 saturated heterocycles. The van der Waals surface area contributed by atoms with Crippen molar-refractivity contribution in [3.63, 3.8) is 0 Å². The van der Waals surface area contributed by atoms with Crippen LogP contribution in [0.4, 0.5) is 5.69 Å². The first-order valence-corrected chi connectivity index (χ1v) is 10.8. The van der Waals surface area contributed by atoms with Gasteiger partial charge in [-0.1, -0.05) is 6.07 Å². The van der Waals surface area contributed by atoms with Gasteiger partial charge in [0.15, 0.2) is 0 Å². The van der Waals surface area contributed by atoms with Crippen LogP contribution >= 0.6 is 0 Å². The number of pyridine rings is 1. The van der Waals surface area contributed by atoms with Crippen LogP contribution in [-0.2, 0) is 19.3 Å². The predicted octanol–water partition coefficient (Wildman–Crippen LogP) is 2.81. The van der Waals surface area contributed by atoms with Gasteiger partial charge in [0.05, 0.1) is 23.2 Å². The lowest BCUT2D eigenvalue weighted by Crippen LogP contribution is -2.41.